The number of anilines is 2. The molecule has 5 heteroatoms. The van der Waals surface area contributed by atoms with E-state index in [1.165, 1.54) is 0 Å². The van der Waals surface area contributed by atoms with E-state index in [-0.39, 0.29) is 11.8 Å². The fourth-order valence-corrected chi connectivity index (χ4v) is 2.95. The summed E-state index contributed by atoms with van der Waals surface area (Å²) >= 11 is 5.93. The van der Waals surface area contributed by atoms with Crippen molar-refractivity contribution in [1.29, 1.82) is 0 Å². The molecule has 0 spiro atoms. The minimum Gasteiger partial charge on any atom is -0.312 e. The number of benzene rings is 2. The molecular weight excluding hydrogens is 312 g/mol. The zero-order valence-electron chi connectivity index (χ0n) is 12.8. The lowest BCUT2D eigenvalue weighted by Gasteiger charge is -2.24. The number of nitrogens with zero attached hydrogens (tertiary/aromatic N) is 2. The molecule has 0 aromatic heterocycles. The summed E-state index contributed by atoms with van der Waals surface area (Å²) in [6.45, 7) is 2.68. The van der Waals surface area contributed by atoms with Crippen LogP contribution >= 0.6 is 11.6 Å². The van der Waals surface area contributed by atoms with Crippen molar-refractivity contribution in [2.75, 3.05) is 16.3 Å². The maximum atomic E-state index is 12.8. The molecule has 1 atom stereocenters. The molecule has 0 saturated carbocycles. The number of hydrogen-bond donors (Lipinski definition) is 0. The van der Waals surface area contributed by atoms with E-state index in [1.807, 2.05) is 55.5 Å². The first-order chi connectivity index (χ1) is 11.1. The highest BCUT2D eigenvalue weighted by molar-refractivity contribution is 6.30. The second kappa shape index (κ2) is 6.42. The molecule has 2 aromatic rings. The lowest BCUT2D eigenvalue weighted by Crippen LogP contribution is -2.36. The fourth-order valence-electron chi connectivity index (χ4n) is 2.83. The number of hydrogen-bond acceptors (Lipinski definition) is 2. The Bertz CT molecular complexity index is 730. The van der Waals surface area contributed by atoms with E-state index in [0.717, 1.165) is 23.3 Å². The molecule has 2 amide bonds. The van der Waals surface area contributed by atoms with Crippen molar-refractivity contribution in [2.24, 2.45) is 5.92 Å². The smallest absolute Gasteiger partial charge is 0.231 e. The van der Waals surface area contributed by atoms with E-state index < -0.39 is 0 Å². The highest BCUT2D eigenvalue weighted by Crippen LogP contribution is 2.34. The minimum absolute atomic E-state index is 0.0109. The summed E-state index contributed by atoms with van der Waals surface area (Å²) in [4.78, 5) is 27.5. The van der Waals surface area contributed by atoms with Crippen molar-refractivity contribution in [3.8, 4) is 0 Å². The van der Waals surface area contributed by atoms with Crippen molar-refractivity contribution < 1.29 is 9.59 Å². The predicted octanol–water partition coefficient (Wildman–Crippen LogP) is 3.49. The highest BCUT2D eigenvalue weighted by Gasteiger charge is 2.30. The van der Waals surface area contributed by atoms with Crippen LogP contribution in [0.15, 0.2) is 48.5 Å². The molecule has 23 heavy (non-hydrogen) atoms. The molecule has 3 rings (SSSR count). The van der Waals surface area contributed by atoms with Crippen LogP contribution in [-0.2, 0) is 16.1 Å². The van der Waals surface area contributed by atoms with Gasteiger partial charge in [-0.25, -0.2) is 0 Å². The van der Waals surface area contributed by atoms with Gasteiger partial charge in [0, 0.05) is 11.6 Å². The van der Waals surface area contributed by atoms with Crippen LogP contribution in [0.25, 0.3) is 0 Å². The Kier molecular flexibility index (Phi) is 4.35. The molecule has 0 fully saturated rings. The number of rotatable bonds is 3. The summed E-state index contributed by atoms with van der Waals surface area (Å²) in [6.07, 6.45) is 0.786. The number of halogens is 1. The van der Waals surface area contributed by atoms with Crippen LogP contribution in [0.4, 0.5) is 11.4 Å². The first-order valence-electron chi connectivity index (χ1n) is 7.47. The van der Waals surface area contributed by atoms with E-state index in [9.17, 15) is 9.59 Å². The normalized spacial score (nSPS) is 17.7. The van der Waals surface area contributed by atoms with Crippen LogP contribution < -0.4 is 9.80 Å². The third-order valence-corrected chi connectivity index (χ3v) is 4.27. The highest BCUT2D eigenvalue weighted by atomic mass is 35.5. The Morgan fingerprint density at radius 2 is 1.78 bits per heavy atom. The lowest BCUT2D eigenvalue weighted by atomic mass is 10.1. The molecule has 1 aliphatic rings. The van der Waals surface area contributed by atoms with Crippen molar-refractivity contribution in [1.82, 2.24) is 0 Å². The Hall–Kier alpha value is -2.33. The SMILES string of the molecule is CC1CN(C=O)c2ccccc2N(Cc2ccc(Cl)cc2)C1=O. The third-order valence-electron chi connectivity index (χ3n) is 4.02. The second-order valence-electron chi connectivity index (χ2n) is 5.70. The van der Waals surface area contributed by atoms with Gasteiger partial charge in [-0.3, -0.25) is 9.59 Å². The van der Waals surface area contributed by atoms with E-state index in [2.05, 4.69) is 0 Å². The standard InChI is InChI=1S/C18H17ClN2O2/c1-13-10-20(12-22)16-4-2-3-5-17(16)21(18(13)23)11-14-6-8-15(19)9-7-14/h2-9,12-13H,10-11H2,1H3. The first-order valence-corrected chi connectivity index (χ1v) is 7.84. The summed E-state index contributed by atoms with van der Waals surface area (Å²) in [5.41, 5.74) is 2.50. The van der Waals surface area contributed by atoms with Gasteiger partial charge in [0.05, 0.1) is 23.8 Å². The quantitative estimate of drug-likeness (QED) is 0.809. The molecule has 118 valence electrons. The molecule has 1 unspecified atom stereocenters. The van der Waals surface area contributed by atoms with Crippen molar-refractivity contribution in [3.05, 3.63) is 59.1 Å². The van der Waals surface area contributed by atoms with Gasteiger partial charge in [0.1, 0.15) is 0 Å². The topological polar surface area (TPSA) is 40.6 Å². The Labute approximate surface area is 140 Å². The second-order valence-corrected chi connectivity index (χ2v) is 6.13. The Morgan fingerprint density at radius 3 is 2.43 bits per heavy atom. The van der Waals surface area contributed by atoms with Crippen molar-refractivity contribution in [3.63, 3.8) is 0 Å². The van der Waals surface area contributed by atoms with Crippen molar-refractivity contribution in [2.45, 2.75) is 13.5 Å². The van der Waals surface area contributed by atoms with Crippen LogP contribution in [0.2, 0.25) is 5.02 Å². The van der Waals surface area contributed by atoms with E-state index >= 15 is 0 Å². The average molecular weight is 329 g/mol. The Morgan fingerprint density at radius 1 is 1.13 bits per heavy atom. The van der Waals surface area contributed by atoms with Crippen LogP contribution in [0.3, 0.4) is 0 Å². The molecular formula is C18H17ClN2O2. The molecule has 1 heterocycles. The van der Waals surface area contributed by atoms with Gasteiger partial charge in [0.2, 0.25) is 12.3 Å². The maximum Gasteiger partial charge on any atom is 0.231 e. The number of amides is 2. The minimum atomic E-state index is -0.264. The zero-order valence-corrected chi connectivity index (χ0v) is 13.5. The molecule has 0 radical (unpaired) electrons. The van der Waals surface area contributed by atoms with Gasteiger partial charge in [0.25, 0.3) is 0 Å². The van der Waals surface area contributed by atoms with E-state index in [0.29, 0.717) is 18.1 Å². The lowest BCUT2D eigenvalue weighted by molar-refractivity contribution is -0.121. The number of carbonyl (C=O) groups excluding carboxylic acids is 2. The van der Waals surface area contributed by atoms with E-state index in [1.54, 1.807) is 9.80 Å². The molecule has 4 nitrogen and oxygen atoms in total. The number of carbonyl (C=O) groups is 2. The Balaban J connectivity index is 2.03. The summed E-state index contributed by atoms with van der Waals surface area (Å²) in [7, 11) is 0. The molecule has 2 aromatic carbocycles. The molecule has 1 aliphatic heterocycles. The average Bonchev–Trinajstić information content (AvgIpc) is 2.67. The van der Waals surface area contributed by atoms with Gasteiger partial charge in [-0.15, -0.1) is 0 Å². The van der Waals surface area contributed by atoms with Crippen LogP contribution in [-0.4, -0.2) is 18.9 Å². The van der Waals surface area contributed by atoms with Gasteiger partial charge >= 0.3 is 0 Å². The summed E-state index contributed by atoms with van der Waals surface area (Å²) in [5.74, 6) is -0.253. The van der Waals surface area contributed by atoms with Gasteiger partial charge in [-0.05, 0) is 29.8 Å². The summed E-state index contributed by atoms with van der Waals surface area (Å²) in [5, 5.41) is 0.664. The van der Waals surface area contributed by atoms with Gasteiger partial charge in [0.15, 0.2) is 0 Å². The van der Waals surface area contributed by atoms with E-state index in [4.69, 9.17) is 11.6 Å². The number of fused-ring (bicyclic) bond motifs is 1. The predicted molar refractivity (Wildman–Crippen MR) is 91.7 cm³/mol. The van der Waals surface area contributed by atoms with Crippen molar-refractivity contribution >= 4 is 35.3 Å². The summed E-state index contributed by atoms with van der Waals surface area (Å²) in [6, 6.07) is 14.9. The van der Waals surface area contributed by atoms with Crippen LogP contribution in [0.5, 0.6) is 0 Å². The molecule has 0 bridgehead atoms. The molecule has 0 N–H and O–H groups in total. The fraction of sp³-hybridized carbons (Fsp3) is 0.222. The van der Waals surface area contributed by atoms with Crippen LogP contribution in [0, 0.1) is 5.92 Å². The molecule has 0 aliphatic carbocycles. The largest absolute Gasteiger partial charge is 0.312 e. The molecule has 0 saturated heterocycles. The van der Waals surface area contributed by atoms with Gasteiger partial charge < -0.3 is 9.80 Å². The van der Waals surface area contributed by atoms with Gasteiger partial charge in [-0.1, -0.05) is 42.8 Å². The maximum absolute atomic E-state index is 12.8. The third kappa shape index (κ3) is 3.08. The zero-order chi connectivity index (χ0) is 16.4. The monoisotopic (exact) mass is 328 g/mol. The van der Waals surface area contributed by atoms with Crippen LogP contribution in [0.1, 0.15) is 12.5 Å². The number of para-hydroxylation sites is 2. The van der Waals surface area contributed by atoms with Gasteiger partial charge in [-0.2, -0.15) is 0 Å². The summed E-state index contributed by atoms with van der Waals surface area (Å²) < 4.78 is 0. The first kappa shape index (κ1) is 15.6.